The lowest BCUT2D eigenvalue weighted by Crippen LogP contribution is -2.19. The summed E-state index contributed by atoms with van der Waals surface area (Å²) in [6, 6.07) is 4.75. The third-order valence-electron chi connectivity index (χ3n) is 3.25. The molecule has 0 spiro atoms. The first-order valence-corrected chi connectivity index (χ1v) is 5.77. The molecule has 0 saturated heterocycles. The first-order chi connectivity index (χ1) is 7.20. The molecule has 0 bridgehead atoms. The summed E-state index contributed by atoms with van der Waals surface area (Å²) >= 11 is 5.91. The minimum atomic E-state index is -0.373. The van der Waals surface area contributed by atoms with Gasteiger partial charge in [0, 0.05) is 6.04 Å². The Morgan fingerprint density at radius 1 is 1.31 bits per heavy atom. The topological polar surface area (TPSA) is 26.0 Å². The van der Waals surface area contributed by atoms with Crippen molar-refractivity contribution in [3.05, 3.63) is 34.6 Å². The van der Waals surface area contributed by atoms with Crippen LogP contribution >= 0.6 is 24.0 Å². The van der Waals surface area contributed by atoms with E-state index >= 15 is 0 Å². The molecule has 1 aromatic rings. The Labute approximate surface area is 107 Å². The first-order valence-electron chi connectivity index (χ1n) is 5.39. The molecule has 0 aliphatic heterocycles. The van der Waals surface area contributed by atoms with Gasteiger partial charge in [-0.15, -0.1) is 12.4 Å². The Morgan fingerprint density at radius 3 is 2.56 bits per heavy atom. The zero-order chi connectivity index (χ0) is 10.8. The van der Waals surface area contributed by atoms with Crippen LogP contribution in [-0.2, 0) is 0 Å². The van der Waals surface area contributed by atoms with E-state index in [9.17, 15) is 4.39 Å². The smallest absolute Gasteiger partial charge is 0.142 e. The monoisotopic (exact) mass is 263 g/mol. The third kappa shape index (κ3) is 2.68. The predicted molar refractivity (Wildman–Crippen MR) is 67.5 cm³/mol. The summed E-state index contributed by atoms with van der Waals surface area (Å²) in [5.41, 5.74) is 6.87. The maximum atomic E-state index is 13.2. The minimum Gasteiger partial charge on any atom is -0.324 e. The fourth-order valence-electron chi connectivity index (χ4n) is 2.35. The van der Waals surface area contributed by atoms with Crippen molar-refractivity contribution in [2.75, 3.05) is 0 Å². The van der Waals surface area contributed by atoms with Crippen molar-refractivity contribution in [2.45, 2.75) is 31.7 Å². The summed E-state index contributed by atoms with van der Waals surface area (Å²) in [6.45, 7) is 0. The minimum absolute atomic E-state index is 0. The summed E-state index contributed by atoms with van der Waals surface area (Å²) in [4.78, 5) is 0. The van der Waals surface area contributed by atoms with E-state index < -0.39 is 0 Å². The molecule has 4 heteroatoms. The Morgan fingerprint density at radius 2 is 1.94 bits per heavy atom. The molecule has 1 aliphatic carbocycles. The molecule has 0 heterocycles. The SMILES string of the molecule is Cl.N[C@H](c1cccc(F)c1Cl)C1CCCC1. The highest BCUT2D eigenvalue weighted by Crippen LogP contribution is 2.37. The van der Waals surface area contributed by atoms with Crippen LogP contribution in [0.5, 0.6) is 0 Å². The molecule has 1 atom stereocenters. The van der Waals surface area contributed by atoms with Crippen LogP contribution in [0.3, 0.4) is 0 Å². The van der Waals surface area contributed by atoms with Gasteiger partial charge in [-0.3, -0.25) is 0 Å². The van der Waals surface area contributed by atoms with Gasteiger partial charge < -0.3 is 5.73 Å². The maximum Gasteiger partial charge on any atom is 0.142 e. The molecule has 1 aromatic carbocycles. The fraction of sp³-hybridized carbons (Fsp3) is 0.500. The number of nitrogens with two attached hydrogens (primary N) is 1. The molecule has 0 amide bonds. The zero-order valence-electron chi connectivity index (χ0n) is 8.96. The number of hydrogen-bond donors (Lipinski definition) is 1. The van der Waals surface area contributed by atoms with Gasteiger partial charge in [0.2, 0.25) is 0 Å². The summed E-state index contributed by atoms with van der Waals surface area (Å²) in [7, 11) is 0. The molecule has 1 saturated carbocycles. The van der Waals surface area contributed by atoms with Gasteiger partial charge >= 0.3 is 0 Å². The Kier molecular flexibility index (Phi) is 5.03. The summed E-state index contributed by atoms with van der Waals surface area (Å²) < 4.78 is 13.2. The first kappa shape index (κ1) is 13.8. The van der Waals surface area contributed by atoms with Crippen LogP contribution in [0.25, 0.3) is 0 Å². The van der Waals surface area contributed by atoms with Crippen LogP contribution in [0.2, 0.25) is 5.02 Å². The number of rotatable bonds is 2. The second-order valence-electron chi connectivity index (χ2n) is 4.21. The Hall–Kier alpha value is -0.310. The third-order valence-corrected chi connectivity index (χ3v) is 3.65. The Balaban J connectivity index is 0.00000128. The van der Waals surface area contributed by atoms with E-state index in [0.717, 1.165) is 18.4 Å². The molecule has 16 heavy (non-hydrogen) atoms. The fourth-order valence-corrected chi connectivity index (χ4v) is 2.60. The normalized spacial score (nSPS) is 18.2. The predicted octanol–water partition coefficient (Wildman–Crippen LogP) is 4.09. The van der Waals surface area contributed by atoms with Gasteiger partial charge in [0.1, 0.15) is 5.82 Å². The lowest BCUT2D eigenvalue weighted by molar-refractivity contribution is 0.443. The Bertz CT molecular complexity index is 351. The molecule has 1 aliphatic rings. The number of hydrogen-bond acceptors (Lipinski definition) is 1. The molecule has 1 nitrogen and oxygen atoms in total. The van der Waals surface area contributed by atoms with Crippen LogP contribution in [0.4, 0.5) is 4.39 Å². The molecule has 2 rings (SSSR count). The quantitative estimate of drug-likeness (QED) is 0.855. The molecular weight excluding hydrogens is 248 g/mol. The van der Waals surface area contributed by atoms with Gasteiger partial charge in [-0.05, 0) is 30.4 Å². The molecular formula is C12H16Cl2FN. The van der Waals surface area contributed by atoms with E-state index in [1.807, 2.05) is 6.07 Å². The number of halogens is 3. The van der Waals surface area contributed by atoms with Gasteiger partial charge in [0.25, 0.3) is 0 Å². The van der Waals surface area contributed by atoms with Crippen LogP contribution in [0.1, 0.15) is 37.3 Å². The van der Waals surface area contributed by atoms with Crippen molar-refractivity contribution in [3.63, 3.8) is 0 Å². The highest BCUT2D eigenvalue weighted by Gasteiger charge is 2.25. The second kappa shape index (κ2) is 5.85. The van der Waals surface area contributed by atoms with Gasteiger partial charge in [0.15, 0.2) is 0 Å². The van der Waals surface area contributed by atoms with E-state index in [1.165, 1.54) is 18.9 Å². The van der Waals surface area contributed by atoms with E-state index in [4.69, 9.17) is 17.3 Å². The molecule has 2 N–H and O–H groups in total. The average Bonchev–Trinajstić information content (AvgIpc) is 2.74. The molecule has 1 fully saturated rings. The van der Waals surface area contributed by atoms with Crippen molar-refractivity contribution < 1.29 is 4.39 Å². The van der Waals surface area contributed by atoms with E-state index in [1.54, 1.807) is 6.07 Å². The lowest BCUT2D eigenvalue weighted by atomic mass is 9.92. The molecule has 90 valence electrons. The average molecular weight is 264 g/mol. The van der Waals surface area contributed by atoms with Gasteiger partial charge in [-0.25, -0.2) is 4.39 Å². The van der Waals surface area contributed by atoms with Crippen LogP contribution in [0.15, 0.2) is 18.2 Å². The standard InChI is InChI=1S/C12H15ClFN.ClH/c13-11-9(6-3-7-10(11)14)12(15)8-4-1-2-5-8;/h3,6-8,12H,1-2,4-5,15H2;1H/t12-;/m0./s1. The van der Waals surface area contributed by atoms with E-state index in [-0.39, 0.29) is 29.3 Å². The van der Waals surface area contributed by atoms with Gasteiger partial charge in [-0.2, -0.15) is 0 Å². The number of benzene rings is 1. The second-order valence-corrected chi connectivity index (χ2v) is 4.59. The van der Waals surface area contributed by atoms with Crippen molar-refractivity contribution in [2.24, 2.45) is 11.7 Å². The zero-order valence-corrected chi connectivity index (χ0v) is 10.5. The molecule has 0 aromatic heterocycles. The van der Waals surface area contributed by atoms with Crippen LogP contribution in [-0.4, -0.2) is 0 Å². The van der Waals surface area contributed by atoms with Gasteiger partial charge in [-0.1, -0.05) is 36.6 Å². The largest absolute Gasteiger partial charge is 0.324 e. The van der Waals surface area contributed by atoms with E-state index in [2.05, 4.69) is 0 Å². The van der Waals surface area contributed by atoms with Gasteiger partial charge in [0.05, 0.1) is 5.02 Å². The highest BCUT2D eigenvalue weighted by molar-refractivity contribution is 6.31. The van der Waals surface area contributed by atoms with Crippen molar-refractivity contribution in [3.8, 4) is 0 Å². The van der Waals surface area contributed by atoms with Crippen molar-refractivity contribution in [1.29, 1.82) is 0 Å². The lowest BCUT2D eigenvalue weighted by Gasteiger charge is -2.20. The van der Waals surface area contributed by atoms with Crippen molar-refractivity contribution in [1.82, 2.24) is 0 Å². The van der Waals surface area contributed by atoms with Crippen LogP contribution in [0, 0.1) is 11.7 Å². The van der Waals surface area contributed by atoms with Crippen molar-refractivity contribution >= 4 is 24.0 Å². The summed E-state index contributed by atoms with van der Waals surface area (Å²) in [5.74, 6) is 0.0897. The molecule has 0 unspecified atom stereocenters. The highest BCUT2D eigenvalue weighted by atomic mass is 35.5. The van der Waals surface area contributed by atoms with Crippen LogP contribution < -0.4 is 5.73 Å². The molecule has 0 radical (unpaired) electrons. The maximum absolute atomic E-state index is 13.2. The summed E-state index contributed by atoms with van der Waals surface area (Å²) in [5, 5.41) is 0.192. The van der Waals surface area contributed by atoms with E-state index in [0.29, 0.717) is 5.92 Å². The summed E-state index contributed by atoms with van der Waals surface area (Å²) in [6.07, 6.45) is 4.72.